The highest BCUT2D eigenvalue weighted by Gasteiger charge is 2.29. The minimum absolute atomic E-state index is 0.0107. The van der Waals surface area contributed by atoms with Crippen molar-refractivity contribution in [3.8, 4) is 0 Å². The topological polar surface area (TPSA) is 32.3 Å². The summed E-state index contributed by atoms with van der Waals surface area (Å²) in [6, 6.07) is 3.55. The maximum absolute atomic E-state index is 11.6. The Morgan fingerprint density at radius 3 is 2.71 bits per heavy atom. The average molecular weight is 271 g/mol. The van der Waals surface area contributed by atoms with Crippen LogP contribution in [0, 0.1) is 5.92 Å². The Morgan fingerprint density at radius 2 is 2.00 bits per heavy atom. The van der Waals surface area contributed by atoms with Crippen LogP contribution in [0.5, 0.6) is 0 Å². The molecule has 1 aliphatic carbocycles. The van der Waals surface area contributed by atoms with Gasteiger partial charge in [0.15, 0.2) is 0 Å². The summed E-state index contributed by atoms with van der Waals surface area (Å²) in [6.45, 7) is 1.33. The monoisotopic (exact) mass is 270 g/mol. The molecular weight excluding hydrogens is 259 g/mol. The van der Waals surface area contributed by atoms with Gasteiger partial charge in [-0.1, -0.05) is 23.2 Å². The van der Waals surface area contributed by atoms with Crippen LogP contribution in [0.25, 0.3) is 0 Å². The van der Waals surface area contributed by atoms with Gasteiger partial charge in [0, 0.05) is 6.54 Å². The largest absolute Gasteiger partial charge is 0.360 e. The van der Waals surface area contributed by atoms with Gasteiger partial charge < -0.3 is 10.2 Å². The second kappa shape index (κ2) is 4.07. The van der Waals surface area contributed by atoms with E-state index in [0.29, 0.717) is 16.6 Å². The lowest BCUT2D eigenvalue weighted by molar-refractivity contribution is -0.115. The van der Waals surface area contributed by atoms with Crippen LogP contribution >= 0.6 is 23.2 Å². The molecule has 1 amide bonds. The van der Waals surface area contributed by atoms with Gasteiger partial charge in [-0.15, -0.1) is 0 Å². The zero-order valence-corrected chi connectivity index (χ0v) is 10.7. The predicted molar refractivity (Wildman–Crippen MR) is 70.0 cm³/mol. The summed E-state index contributed by atoms with van der Waals surface area (Å²) in [5, 5.41) is 3.83. The number of hydrogen-bond donors (Lipinski definition) is 1. The molecule has 17 heavy (non-hydrogen) atoms. The molecule has 0 bridgehead atoms. The number of halogens is 2. The second-order valence-corrected chi connectivity index (χ2v) is 5.47. The van der Waals surface area contributed by atoms with Crippen LogP contribution in [0.1, 0.15) is 12.8 Å². The van der Waals surface area contributed by atoms with Gasteiger partial charge in [0.05, 0.1) is 28.0 Å². The summed E-state index contributed by atoms with van der Waals surface area (Å²) >= 11 is 12.0. The van der Waals surface area contributed by atoms with Gasteiger partial charge in [-0.05, 0) is 30.9 Å². The molecule has 2 aliphatic rings. The van der Waals surface area contributed by atoms with Crippen LogP contribution in [-0.4, -0.2) is 19.0 Å². The number of fused-ring (bicyclic) bond motifs is 1. The molecule has 0 unspecified atom stereocenters. The quantitative estimate of drug-likeness (QED) is 0.896. The maximum atomic E-state index is 11.6. The molecule has 1 saturated carbocycles. The maximum Gasteiger partial charge on any atom is 0.243 e. The molecule has 3 rings (SSSR count). The van der Waals surface area contributed by atoms with Gasteiger partial charge in [-0.2, -0.15) is 0 Å². The molecule has 5 heteroatoms. The fourth-order valence-electron chi connectivity index (χ4n) is 2.12. The molecule has 0 spiro atoms. The number of carbonyl (C=O) groups is 1. The number of amides is 1. The van der Waals surface area contributed by atoms with E-state index in [1.807, 2.05) is 6.07 Å². The highest BCUT2D eigenvalue weighted by atomic mass is 35.5. The molecule has 1 N–H and O–H groups in total. The third kappa shape index (κ3) is 2.22. The lowest BCUT2D eigenvalue weighted by Crippen LogP contribution is -2.39. The molecule has 3 nitrogen and oxygen atoms in total. The van der Waals surface area contributed by atoms with Gasteiger partial charge in [0.2, 0.25) is 5.91 Å². The van der Waals surface area contributed by atoms with Crippen molar-refractivity contribution in [3.05, 3.63) is 22.2 Å². The normalized spacial score (nSPS) is 18.9. The molecule has 1 aromatic carbocycles. The van der Waals surface area contributed by atoms with E-state index in [-0.39, 0.29) is 5.91 Å². The van der Waals surface area contributed by atoms with Crippen molar-refractivity contribution >= 4 is 40.5 Å². The summed E-state index contributed by atoms with van der Waals surface area (Å²) in [5.41, 5.74) is 1.74. The Balaban J connectivity index is 1.98. The predicted octanol–water partition coefficient (Wildman–Crippen LogP) is 3.16. The van der Waals surface area contributed by atoms with E-state index in [0.717, 1.165) is 23.8 Å². The van der Waals surface area contributed by atoms with Gasteiger partial charge in [-0.3, -0.25) is 4.79 Å². The fourth-order valence-corrected chi connectivity index (χ4v) is 2.44. The van der Waals surface area contributed by atoms with E-state index in [2.05, 4.69) is 10.2 Å². The SMILES string of the molecule is O=C1CN(CC2CC2)c2cc(Cl)c(Cl)cc2N1. The lowest BCUT2D eigenvalue weighted by Gasteiger charge is -2.31. The van der Waals surface area contributed by atoms with Crippen LogP contribution in [0.15, 0.2) is 12.1 Å². The first-order valence-electron chi connectivity index (χ1n) is 5.67. The van der Waals surface area contributed by atoms with Crippen molar-refractivity contribution in [2.75, 3.05) is 23.3 Å². The van der Waals surface area contributed by atoms with Crippen LogP contribution in [-0.2, 0) is 4.79 Å². The van der Waals surface area contributed by atoms with Gasteiger partial charge in [0.1, 0.15) is 0 Å². The number of benzene rings is 1. The van der Waals surface area contributed by atoms with E-state index in [1.54, 1.807) is 6.07 Å². The number of rotatable bonds is 2. The zero-order chi connectivity index (χ0) is 12.0. The smallest absolute Gasteiger partial charge is 0.243 e. The first kappa shape index (κ1) is 11.2. The molecule has 1 heterocycles. The van der Waals surface area contributed by atoms with E-state index >= 15 is 0 Å². The van der Waals surface area contributed by atoms with Crippen molar-refractivity contribution in [1.29, 1.82) is 0 Å². The Hall–Kier alpha value is -0.930. The van der Waals surface area contributed by atoms with Crippen LogP contribution in [0.3, 0.4) is 0 Å². The fraction of sp³-hybridized carbons (Fsp3) is 0.417. The average Bonchev–Trinajstić information content (AvgIpc) is 3.05. The molecule has 0 radical (unpaired) electrons. The minimum atomic E-state index is 0.0107. The number of carbonyl (C=O) groups excluding carboxylic acids is 1. The molecule has 0 atom stereocenters. The summed E-state index contributed by atoms with van der Waals surface area (Å²) in [4.78, 5) is 13.7. The first-order chi connectivity index (χ1) is 8.13. The number of nitrogens with zero attached hydrogens (tertiary/aromatic N) is 1. The Bertz CT molecular complexity index is 486. The summed E-state index contributed by atoms with van der Waals surface area (Å²) in [6.07, 6.45) is 2.52. The van der Waals surface area contributed by atoms with E-state index in [4.69, 9.17) is 23.2 Å². The molecule has 1 aromatic rings. The number of hydrogen-bond acceptors (Lipinski definition) is 2. The first-order valence-corrected chi connectivity index (χ1v) is 6.43. The molecule has 90 valence electrons. The van der Waals surface area contributed by atoms with Crippen molar-refractivity contribution in [2.24, 2.45) is 5.92 Å². The molecular formula is C12H12Cl2N2O. The van der Waals surface area contributed by atoms with Crippen LogP contribution in [0.4, 0.5) is 11.4 Å². The van der Waals surface area contributed by atoms with Crippen molar-refractivity contribution in [1.82, 2.24) is 0 Å². The highest BCUT2D eigenvalue weighted by molar-refractivity contribution is 6.42. The van der Waals surface area contributed by atoms with Crippen molar-refractivity contribution in [3.63, 3.8) is 0 Å². The Morgan fingerprint density at radius 1 is 1.29 bits per heavy atom. The van der Waals surface area contributed by atoms with Crippen molar-refractivity contribution in [2.45, 2.75) is 12.8 Å². The zero-order valence-electron chi connectivity index (χ0n) is 9.17. The van der Waals surface area contributed by atoms with E-state index in [9.17, 15) is 4.79 Å². The van der Waals surface area contributed by atoms with Crippen molar-refractivity contribution < 1.29 is 4.79 Å². The van der Waals surface area contributed by atoms with Gasteiger partial charge in [0.25, 0.3) is 0 Å². The van der Waals surface area contributed by atoms with Crippen LogP contribution in [0.2, 0.25) is 10.0 Å². The Kier molecular flexibility index (Phi) is 2.68. The standard InChI is InChI=1S/C12H12Cl2N2O/c13-8-3-10-11(4-9(8)14)16(5-7-1-2-7)6-12(17)15-10/h3-4,7H,1-2,5-6H2,(H,15,17). The highest BCUT2D eigenvalue weighted by Crippen LogP contribution is 2.39. The second-order valence-electron chi connectivity index (χ2n) is 4.66. The van der Waals surface area contributed by atoms with E-state index < -0.39 is 0 Å². The van der Waals surface area contributed by atoms with Crippen LogP contribution < -0.4 is 10.2 Å². The van der Waals surface area contributed by atoms with E-state index in [1.165, 1.54) is 12.8 Å². The summed E-state index contributed by atoms with van der Waals surface area (Å²) < 4.78 is 0. The third-order valence-corrected chi connectivity index (χ3v) is 3.89. The number of nitrogens with one attached hydrogen (secondary N) is 1. The molecule has 0 aromatic heterocycles. The lowest BCUT2D eigenvalue weighted by atomic mass is 10.2. The third-order valence-electron chi connectivity index (χ3n) is 3.16. The molecule has 1 fully saturated rings. The van der Waals surface area contributed by atoms with Gasteiger partial charge >= 0.3 is 0 Å². The Labute approximate surface area is 110 Å². The number of anilines is 2. The molecule has 1 aliphatic heterocycles. The molecule has 0 saturated heterocycles. The van der Waals surface area contributed by atoms with Gasteiger partial charge in [-0.25, -0.2) is 0 Å². The summed E-state index contributed by atoms with van der Waals surface area (Å²) in [7, 11) is 0. The minimum Gasteiger partial charge on any atom is -0.360 e. The summed E-state index contributed by atoms with van der Waals surface area (Å²) in [5.74, 6) is 0.736.